The molecule has 0 spiro atoms. The summed E-state index contributed by atoms with van der Waals surface area (Å²) < 4.78 is 5.87. The molecule has 5 heteroatoms. The van der Waals surface area contributed by atoms with E-state index >= 15 is 0 Å². The second-order valence-corrected chi connectivity index (χ2v) is 7.94. The van der Waals surface area contributed by atoms with E-state index in [-0.39, 0.29) is 30.3 Å². The van der Waals surface area contributed by atoms with E-state index in [2.05, 4.69) is 5.32 Å². The van der Waals surface area contributed by atoms with Gasteiger partial charge in [0.05, 0.1) is 0 Å². The molecule has 28 heavy (non-hydrogen) atoms. The van der Waals surface area contributed by atoms with Gasteiger partial charge in [-0.05, 0) is 55.7 Å². The van der Waals surface area contributed by atoms with E-state index in [1.807, 2.05) is 54.6 Å². The van der Waals surface area contributed by atoms with Crippen molar-refractivity contribution in [3.8, 4) is 5.75 Å². The number of anilines is 1. The molecule has 0 aromatic heterocycles. The second kappa shape index (κ2) is 9.44. The van der Waals surface area contributed by atoms with Crippen LogP contribution in [0.15, 0.2) is 54.6 Å². The van der Waals surface area contributed by atoms with E-state index in [1.54, 1.807) is 0 Å². The lowest BCUT2D eigenvalue weighted by Crippen LogP contribution is -2.48. The predicted octanol–water partition coefficient (Wildman–Crippen LogP) is 4.78. The third-order valence-corrected chi connectivity index (χ3v) is 6.20. The average molecular weight is 401 g/mol. The molecular weight excluding hydrogens is 372 g/mol. The van der Waals surface area contributed by atoms with Gasteiger partial charge in [0.2, 0.25) is 5.91 Å². The molecular formula is C23H29ClN2O2. The number of ether oxygens (including phenoxy) is 1. The van der Waals surface area contributed by atoms with Gasteiger partial charge >= 0.3 is 0 Å². The molecule has 2 bridgehead atoms. The third-order valence-electron chi connectivity index (χ3n) is 6.20. The molecule has 0 heterocycles. The summed E-state index contributed by atoms with van der Waals surface area (Å²) in [6.07, 6.45) is 5.45. The summed E-state index contributed by atoms with van der Waals surface area (Å²) in [7, 11) is 0. The van der Waals surface area contributed by atoms with Crippen LogP contribution in [0.4, 0.5) is 5.69 Å². The van der Waals surface area contributed by atoms with Gasteiger partial charge in [0.1, 0.15) is 12.4 Å². The van der Waals surface area contributed by atoms with Crippen LogP contribution in [0.25, 0.3) is 0 Å². The van der Waals surface area contributed by atoms with Crippen LogP contribution in [-0.2, 0) is 11.4 Å². The van der Waals surface area contributed by atoms with Crippen molar-refractivity contribution in [3.63, 3.8) is 0 Å². The minimum atomic E-state index is 0. The van der Waals surface area contributed by atoms with E-state index in [4.69, 9.17) is 10.5 Å². The summed E-state index contributed by atoms with van der Waals surface area (Å²) in [5.41, 5.74) is 8.20. The summed E-state index contributed by atoms with van der Waals surface area (Å²) >= 11 is 0. The Hall–Kier alpha value is -2.04. The van der Waals surface area contributed by atoms with Crippen LogP contribution in [0.2, 0.25) is 0 Å². The van der Waals surface area contributed by atoms with E-state index < -0.39 is 0 Å². The Balaban J connectivity index is 0.00000225. The molecule has 3 N–H and O–H groups in total. The van der Waals surface area contributed by atoms with Crippen LogP contribution >= 0.6 is 12.4 Å². The maximum absolute atomic E-state index is 12.9. The van der Waals surface area contributed by atoms with E-state index in [9.17, 15) is 4.79 Å². The molecule has 4 nitrogen and oxygen atoms in total. The first-order valence-corrected chi connectivity index (χ1v) is 10.0. The summed E-state index contributed by atoms with van der Waals surface area (Å²) in [4.78, 5) is 12.9. The zero-order valence-corrected chi connectivity index (χ0v) is 16.9. The Morgan fingerprint density at radius 2 is 1.64 bits per heavy atom. The fourth-order valence-electron chi connectivity index (χ4n) is 4.68. The molecule has 1 amide bonds. The third kappa shape index (κ3) is 4.68. The monoisotopic (exact) mass is 400 g/mol. The molecule has 0 saturated heterocycles. The number of rotatable bonds is 5. The van der Waals surface area contributed by atoms with Gasteiger partial charge in [-0.1, -0.05) is 42.8 Å². The Morgan fingerprint density at radius 1 is 1.00 bits per heavy atom. The molecule has 2 saturated carbocycles. The Kier molecular flexibility index (Phi) is 6.97. The van der Waals surface area contributed by atoms with Crippen molar-refractivity contribution in [3.05, 3.63) is 60.2 Å². The van der Waals surface area contributed by atoms with Crippen molar-refractivity contribution < 1.29 is 9.53 Å². The van der Waals surface area contributed by atoms with Crippen LogP contribution in [-0.4, -0.2) is 11.9 Å². The van der Waals surface area contributed by atoms with Gasteiger partial charge in [0, 0.05) is 23.2 Å². The number of hydrogen-bond donors (Lipinski definition) is 2. The first kappa shape index (κ1) is 20.7. The largest absolute Gasteiger partial charge is 0.489 e. The van der Waals surface area contributed by atoms with E-state index in [0.717, 1.165) is 29.8 Å². The average Bonchev–Trinajstić information content (AvgIpc) is 2.68. The smallest absolute Gasteiger partial charge is 0.227 e. The van der Waals surface area contributed by atoms with E-state index in [0.29, 0.717) is 18.4 Å². The minimum absolute atomic E-state index is 0. The fourth-order valence-corrected chi connectivity index (χ4v) is 4.68. The SMILES string of the molecule is Cl.NC1C2CCCC1CC(C(=O)Nc1ccccc1COc1ccccc1)C2. The number of para-hydroxylation sites is 2. The molecule has 2 unspecified atom stereocenters. The molecule has 4 rings (SSSR count). The predicted molar refractivity (Wildman–Crippen MR) is 115 cm³/mol. The second-order valence-electron chi connectivity index (χ2n) is 7.94. The summed E-state index contributed by atoms with van der Waals surface area (Å²) in [6.45, 7) is 0.432. The summed E-state index contributed by atoms with van der Waals surface area (Å²) in [5.74, 6) is 2.04. The molecule has 2 aliphatic rings. The number of carbonyl (C=O) groups excluding carboxylic acids is 1. The van der Waals surface area contributed by atoms with Gasteiger partial charge < -0.3 is 15.8 Å². The zero-order valence-electron chi connectivity index (χ0n) is 16.1. The van der Waals surface area contributed by atoms with Crippen LogP contribution in [0.5, 0.6) is 5.75 Å². The Labute approximate surface area is 173 Å². The lowest BCUT2D eigenvalue weighted by atomic mass is 9.65. The first-order valence-electron chi connectivity index (χ1n) is 10.0. The fraction of sp³-hybridized carbons (Fsp3) is 0.435. The van der Waals surface area contributed by atoms with Gasteiger partial charge in [0.15, 0.2) is 0 Å². The lowest BCUT2D eigenvalue weighted by Gasteiger charge is -2.43. The standard InChI is InChI=1S/C23H28N2O2.ClH/c24-22-16-8-6-9-17(22)14-19(13-16)23(26)25-21-12-5-4-7-18(21)15-27-20-10-2-1-3-11-20;/h1-5,7,10-12,16-17,19,22H,6,8-9,13-15,24H2,(H,25,26);1H. The lowest BCUT2D eigenvalue weighted by molar-refractivity contribution is -0.122. The maximum atomic E-state index is 12.9. The molecule has 0 radical (unpaired) electrons. The number of nitrogens with one attached hydrogen (secondary N) is 1. The summed E-state index contributed by atoms with van der Waals surface area (Å²) in [5, 5.41) is 3.16. The van der Waals surface area contributed by atoms with Crippen molar-refractivity contribution in [2.45, 2.75) is 44.8 Å². The number of fused-ring (bicyclic) bond motifs is 2. The highest BCUT2D eigenvalue weighted by Gasteiger charge is 2.40. The molecule has 2 atom stereocenters. The van der Waals surface area contributed by atoms with Gasteiger partial charge in [0.25, 0.3) is 0 Å². The van der Waals surface area contributed by atoms with Crippen molar-refractivity contribution in [1.29, 1.82) is 0 Å². The normalized spacial score (nSPS) is 26.0. The van der Waals surface area contributed by atoms with Crippen molar-refractivity contribution >= 4 is 24.0 Å². The number of carbonyl (C=O) groups is 1. The van der Waals surface area contributed by atoms with Crippen molar-refractivity contribution in [2.75, 3.05) is 5.32 Å². The van der Waals surface area contributed by atoms with Crippen molar-refractivity contribution in [2.24, 2.45) is 23.5 Å². The van der Waals surface area contributed by atoms with Gasteiger partial charge in [-0.25, -0.2) is 0 Å². The van der Waals surface area contributed by atoms with Gasteiger partial charge in [-0.3, -0.25) is 4.79 Å². The van der Waals surface area contributed by atoms with Crippen molar-refractivity contribution in [1.82, 2.24) is 0 Å². The molecule has 2 aromatic rings. The zero-order chi connectivity index (χ0) is 18.6. The Bertz CT molecular complexity index is 769. The highest BCUT2D eigenvalue weighted by Crippen LogP contribution is 2.42. The van der Waals surface area contributed by atoms with Gasteiger partial charge in [-0.2, -0.15) is 0 Å². The number of hydrogen-bond acceptors (Lipinski definition) is 3. The highest BCUT2D eigenvalue weighted by atomic mass is 35.5. The maximum Gasteiger partial charge on any atom is 0.227 e. The topological polar surface area (TPSA) is 64.4 Å². The van der Waals surface area contributed by atoms with Crippen LogP contribution in [0, 0.1) is 17.8 Å². The number of halogens is 1. The molecule has 2 fully saturated rings. The highest BCUT2D eigenvalue weighted by molar-refractivity contribution is 5.93. The number of amides is 1. The van der Waals surface area contributed by atoms with Crippen LogP contribution in [0.1, 0.15) is 37.7 Å². The first-order chi connectivity index (χ1) is 13.2. The van der Waals surface area contributed by atoms with Crippen LogP contribution < -0.4 is 15.8 Å². The summed E-state index contributed by atoms with van der Waals surface area (Å²) in [6, 6.07) is 17.9. The van der Waals surface area contributed by atoms with Crippen LogP contribution in [0.3, 0.4) is 0 Å². The molecule has 2 aromatic carbocycles. The quantitative estimate of drug-likeness (QED) is 0.759. The number of benzene rings is 2. The minimum Gasteiger partial charge on any atom is -0.489 e. The Morgan fingerprint density at radius 3 is 2.36 bits per heavy atom. The number of nitrogens with two attached hydrogens (primary N) is 1. The molecule has 150 valence electrons. The van der Waals surface area contributed by atoms with E-state index in [1.165, 1.54) is 19.3 Å². The van der Waals surface area contributed by atoms with Gasteiger partial charge in [-0.15, -0.1) is 12.4 Å². The molecule has 2 aliphatic carbocycles. The molecule has 0 aliphatic heterocycles.